The van der Waals surface area contributed by atoms with Crippen LogP contribution in [-0.2, 0) is 9.53 Å². The van der Waals surface area contributed by atoms with Gasteiger partial charge in [0.15, 0.2) is 0 Å². The quantitative estimate of drug-likeness (QED) is 0.577. The van der Waals surface area contributed by atoms with Gasteiger partial charge in [0.1, 0.15) is 0 Å². The summed E-state index contributed by atoms with van der Waals surface area (Å²) >= 11 is 0. The van der Waals surface area contributed by atoms with Crippen LogP contribution in [0.2, 0.25) is 0 Å². The number of esters is 1. The molecule has 3 nitrogen and oxygen atoms in total. The van der Waals surface area contributed by atoms with Crippen LogP contribution >= 0.6 is 0 Å². The van der Waals surface area contributed by atoms with E-state index in [1.807, 2.05) is 20.8 Å². The van der Waals surface area contributed by atoms with Crippen LogP contribution in [0.3, 0.4) is 0 Å². The summed E-state index contributed by atoms with van der Waals surface area (Å²) < 4.78 is 4.73. The molecule has 1 atom stereocenters. The maximum Gasteiger partial charge on any atom is 0.330 e. The van der Waals surface area contributed by atoms with Gasteiger partial charge < -0.3 is 9.84 Å². The fourth-order valence-electron chi connectivity index (χ4n) is 0.881. The minimum absolute atomic E-state index is 0.216. The van der Waals surface area contributed by atoms with Crippen LogP contribution in [0.5, 0.6) is 0 Å². The molecule has 0 saturated carbocycles. The number of carbonyl (C=O) groups is 1. The monoisotopic (exact) mass is 214 g/mol. The molecule has 0 aromatic carbocycles. The third kappa shape index (κ3) is 4.98. The molecule has 0 heterocycles. The standard InChI is InChI=1S/C12H22O3/c1-6-15-10(13)8-7-9-12(5,14)11(2,3)4/h7-8,14H,6,9H2,1-5H3. The number of hydrogen-bond donors (Lipinski definition) is 1. The lowest BCUT2D eigenvalue weighted by Crippen LogP contribution is -2.39. The molecule has 3 heteroatoms. The highest BCUT2D eigenvalue weighted by atomic mass is 16.5. The molecule has 0 spiro atoms. The molecule has 0 aliphatic carbocycles. The molecule has 1 unspecified atom stereocenters. The van der Waals surface area contributed by atoms with Gasteiger partial charge in [0.05, 0.1) is 12.2 Å². The van der Waals surface area contributed by atoms with Crippen LogP contribution in [0.25, 0.3) is 0 Å². The van der Waals surface area contributed by atoms with E-state index >= 15 is 0 Å². The summed E-state index contributed by atoms with van der Waals surface area (Å²) in [5, 5.41) is 10.1. The maximum atomic E-state index is 11.0. The zero-order chi connectivity index (χ0) is 12.1. The minimum Gasteiger partial charge on any atom is -0.463 e. The van der Waals surface area contributed by atoms with E-state index in [-0.39, 0.29) is 11.4 Å². The Morgan fingerprint density at radius 2 is 1.87 bits per heavy atom. The Labute approximate surface area is 92.1 Å². The van der Waals surface area contributed by atoms with Gasteiger partial charge in [-0.15, -0.1) is 0 Å². The zero-order valence-electron chi connectivity index (χ0n) is 10.3. The summed E-state index contributed by atoms with van der Waals surface area (Å²) in [6.45, 7) is 9.79. The van der Waals surface area contributed by atoms with Gasteiger partial charge in [0, 0.05) is 6.08 Å². The van der Waals surface area contributed by atoms with Crippen LogP contribution in [0.1, 0.15) is 41.0 Å². The molecule has 0 aliphatic heterocycles. The maximum absolute atomic E-state index is 11.0. The van der Waals surface area contributed by atoms with Gasteiger partial charge in [-0.05, 0) is 25.7 Å². The number of carbonyl (C=O) groups excluding carboxylic acids is 1. The average molecular weight is 214 g/mol. The molecule has 0 radical (unpaired) electrons. The molecule has 0 amide bonds. The van der Waals surface area contributed by atoms with Gasteiger partial charge in [-0.25, -0.2) is 4.79 Å². The molecule has 0 bridgehead atoms. The van der Waals surface area contributed by atoms with Crippen LogP contribution in [0.4, 0.5) is 0 Å². The second-order valence-corrected chi connectivity index (χ2v) is 4.88. The Bertz CT molecular complexity index is 234. The Kier molecular flexibility index (Phi) is 5.01. The third-order valence-corrected chi connectivity index (χ3v) is 2.67. The lowest BCUT2D eigenvalue weighted by Gasteiger charge is -2.36. The van der Waals surface area contributed by atoms with Crippen molar-refractivity contribution in [2.24, 2.45) is 5.41 Å². The van der Waals surface area contributed by atoms with Crippen LogP contribution in [-0.4, -0.2) is 23.3 Å². The Morgan fingerprint density at radius 1 is 1.33 bits per heavy atom. The zero-order valence-corrected chi connectivity index (χ0v) is 10.3. The SMILES string of the molecule is CCOC(=O)C=CCC(C)(O)C(C)(C)C. The summed E-state index contributed by atoms with van der Waals surface area (Å²) in [4.78, 5) is 11.0. The Balaban J connectivity index is 4.21. The number of rotatable bonds is 4. The summed E-state index contributed by atoms with van der Waals surface area (Å²) in [6.07, 6.45) is 3.46. The first-order valence-electron chi connectivity index (χ1n) is 5.26. The van der Waals surface area contributed by atoms with E-state index in [9.17, 15) is 9.90 Å². The second-order valence-electron chi connectivity index (χ2n) is 4.88. The van der Waals surface area contributed by atoms with E-state index in [0.717, 1.165) is 0 Å². The number of ether oxygens (including phenoxy) is 1. The first-order chi connectivity index (χ1) is 6.70. The molecule has 0 rings (SSSR count). The van der Waals surface area contributed by atoms with Crippen molar-refractivity contribution in [2.45, 2.75) is 46.6 Å². The molecule has 88 valence electrons. The molecular formula is C12H22O3. The molecule has 0 fully saturated rings. The van der Waals surface area contributed by atoms with E-state index < -0.39 is 5.60 Å². The van der Waals surface area contributed by atoms with Crippen molar-refractivity contribution >= 4 is 5.97 Å². The number of hydrogen-bond acceptors (Lipinski definition) is 3. The predicted octanol–water partition coefficient (Wildman–Crippen LogP) is 2.29. The van der Waals surface area contributed by atoms with Gasteiger partial charge in [-0.1, -0.05) is 26.8 Å². The van der Waals surface area contributed by atoms with Crippen molar-refractivity contribution in [3.63, 3.8) is 0 Å². The van der Waals surface area contributed by atoms with Gasteiger partial charge >= 0.3 is 5.97 Å². The highest BCUT2D eigenvalue weighted by Gasteiger charge is 2.33. The largest absolute Gasteiger partial charge is 0.463 e. The van der Waals surface area contributed by atoms with Gasteiger partial charge in [0.2, 0.25) is 0 Å². The van der Waals surface area contributed by atoms with E-state index in [4.69, 9.17) is 4.74 Å². The second kappa shape index (κ2) is 5.31. The summed E-state index contributed by atoms with van der Waals surface area (Å²) in [6, 6.07) is 0. The van der Waals surface area contributed by atoms with E-state index in [1.165, 1.54) is 6.08 Å². The molecular weight excluding hydrogens is 192 g/mol. The van der Waals surface area contributed by atoms with Crippen molar-refractivity contribution in [1.29, 1.82) is 0 Å². The van der Waals surface area contributed by atoms with E-state index in [2.05, 4.69) is 0 Å². The van der Waals surface area contributed by atoms with Gasteiger partial charge in [0.25, 0.3) is 0 Å². The van der Waals surface area contributed by atoms with Crippen molar-refractivity contribution in [1.82, 2.24) is 0 Å². The predicted molar refractivity (Wildman–Crippen MR) is 60.5 cm³/mol. The summed E-state index contributed by atoms with van der Waals surface area (Å²) in [5.41, 5.74) is -1.04. The van der Waals surface area contributed by atoms with Gasteiger partial charge in [-0.2, -0.15) is 0 Å². The third-order valence-electron chi connectivity index (χ3n) is 2.67. The summed E-state index contributed by atoms with van der Waals surface area (Å²) in [5.74, 6) is -0.359. The highest BCUT2D eigenvalue weighted by molar-refractivity contribution is 5.81. The molecule has 1 N–H and O–H groups in total. The Hall–Kier alpha value is -0.830. The van der Waals surface area contributed by atoms with Crippen molar-refractivity contribution in [3.8, 4) is 0 Å². The topological polar surface area (TPSA) is 46.5 Å². The lowest BCUT2D eigenvalue weighted by molar-refractivity contribution is -0.137. The molecule has 0 saturated heterocycles. The van der Waals surface area contributed by atoms with Crippen molar-refractivity contribution in [3.05, 3.63) is 12.2 Å². The van der Waals surface area contributed by atoms with Gasteiger partial charge in [-0.3, -0.25) is 0 Å². The van der Waals surface area contributed by atoms with E-state index in [0.29, 0.717) is 13.0 Å². The molecule has 0 aliphatic rings. The highest BCUT2D eigenvalue weighted by Crippen LogP contribution is 2.32. The Morgan fingerprint density at radius 3 is 2.27 bits per heavy atom. The first kappa shape index (κ1) is 14.2. The average Bonchev–Trinajstić information content (AvgIpc) is 2.01. The molecule has 0 aromatic rings. The fraction of sp³-hybridized carbons (Fsp3) is 0.750. The van der Waals surface area contributed by atoms with Crippen LogP contribution < -0.4 is 0 Å². The van der Waals surface area contributed by atoms with Crippen molar-refractivity contribution in [2.75, 3.05) is 6.61 Å². The van der Waals surface area contributed by atoms with Crippen LogP contribution in [0, 0.1) is 5.41 Å². The van der Waals surface area contributed by atoms with Crippen LogP contribution in [0.15, 0.2) is 12.2 Å². The smallest absolute Gasteiger partial charge is 0.330 e. The fourth-order valence-corrected chi connectivity index (χ4v) is 0.881. The normalized spacial score (nSPS) is 16.4. The first-order valence-corrected chi connectivity index (χ1v) is 5.26. The summed E-state index contributed by atoms with van der Waals surface area (Å²) in [7, 11) is 0. The number of aliphatic hydroxyl groups is 1. The van der Waals surface area contributed by atoms with Crippen molar-refractivity contribution < 1.29 is 14.6 Å². The molecule has 15 heavy (non-hydrogen) atoms. The lowest BCUT2D eigenvalue weighted by atomic mass is 9.76. The minimum atomic E-state index is -0.823. The molecule has 0 aromatic heterocycles. The van der Waals surface area contributed by atoms with E-state index in [1.54, 1.807) is 19.9 Å².